The third-order valence-electron chi connectivity index (χ3n) is 4.52. The summed E-state index contributed by atoms with van der Waals surface area (Å²) in [5.74, 6) is 0.849. The van der Waals surface area contributed by atoms with Gasteiger partial charge in [-0.2, -0.15) is 5.10 Å². The molecule has 1 atom stereocenters. The molecule has 0 unspecified atom stereocenters. The molecule has 3 rings (SSSR count). The molecule has 7 nitrogen and oxygen atoms in total. The first kappa shape index (κ1) is 17.4. The third kappa shape index (κ3) is 4.36. The Morgan fingerprint density at radius 2 is 2.20 bits per heavy atom. The van der Waals surface area contributed by atoms with Gasteiger partial charge in [-0.1, -0.05) is 0 Å². The van der Waals surface area contributed by atoms with E-state index in [1.54, 1.807) is 25.2 Å². The van der Waals surface area contributed by atoms with Crippen LogP contribution in [0.2, 0.25) is 0 Å². The van der Waals surface area contributed by atoms with Crippen molar-refractivity contribution in [1.82, 2.24) is 24.6 Å². The zero-order valence-corrected chi connectivity index (χ0v) is 15.1. The maximum absolute atomic E-state index is 12.2. The Bertz CT molecular complexity index is 711. The minimum Gasteiger partial charge on any atom is -0.490 e. The summed E-state index contributed by atoms with van der Waals surface area (Å²) in [4.78, 5) is 20.3. The number of pyridine rings is 1. The van der Waals surface area contributed by atoms with Gasteiger partial charge in [0, 0.05) is 45.1 Å². The van der Waals surface area contributed by atoms with Crippen LogP contribution in [0.5, 0.6) is 5.75 Å². The van der Waals surface area contributed by atoms with Crippen molar-refractivity contribution in [2.75, 3.05) is 27.2 Å². The fourth-order valence-corrected chi connectivity index (χ4v) is 2.91. The molecule has 2 aromatic rings. The molecule has 0 saturated carbocycles. The second-order valence-electron chi connectivity index (χ2n) is 6.63. The predicted octanol–water partition coefficient (Wildman–Crippen LogP) is 1.33. The number of ether oxygens (including phenoxy) is 1. The number of rotatable bonds is 5. The molecule has 1 aliphatic heterocycles. The first-order valence-corrected chi connectivity index (χ1v) is 8.53. The fourth-order valence-electron chi connectivity index (χ4n) is 2.91. The molecule has 0 radical (unpaired) electrons. The van der Waals surface area contributed by atoms with Gasteiger partial charge in [-0.15, -0.1) is 0 Å². The first-order valence-electron chi connectivity index (χ1n) is 8.53. The van der Waals surface area contributed by atoms with Crippen LogP contribution in [0.1, 0.15) is 17.8 Å². The van der Waals surface area contributed by atoms with Crippen molar-refractivity contribution in [2.24, 2.45) is 0 Å². The number of aryl methyl sites for hydroxylation is 2. The van der Waals surface area contributed by atoms with Crippen LogP contribution < -0.4 is 4.74 Å². The van der Waals surface area contributed by atoms with Crippen LogP contribution in [0.25, 0.3) is 0 Å². The molecule has 0 saturated heterocycles. The highest BCUT2D eigenvalue weighted by Gasteiger charge is 2.27. The van der Waals surface area contributed by atoms with Crippen molar-refractivity contribution in [2.45, 2.75) is 32.5 Å². The number of hydrogen-bond acceptors (Lipinski definition) is 5. The van der Waals surface area contributed by atoms with E-state index in [2.05, 4.69) is 15.0 Å². The zero-order valence-electron chi connectivity index (χ0n) is 15.1. The number of carbonyl (C=O) groups is 1. The van der Waals surface area contributed by atoms with Crippen molar-refractivity contribution < 1.29 is 9.53 Å². The summed E-state index contributed by atoms with van der Waals surface area (Å²) in [6.45, 7) is 4.37. The van der Waals surface area contributed by atoms with E-state index in [0.29, 0.717) is 19.7 Å². The number of nitrogens with zero attached hydrogens (tertiary/aromatic N) is 5. The smallest absolute Gasteiger partial charge is 0.236 e. The molecule has 0 bridgehead atoms. The van der Waals surface area contributed by atoms with Gasteiger partial charge in [0.25, 0.3) is 0 Å². The van der Waals surface area contributed by atoms with Crippen LogP contribution in [0, 0.1) is 6.92 Å². The highest BCUT2D eigenvalue weighted by molar-refractivity contribution is 5.77. The van der Waals surface area contributed by atoms with Crippen LogP contribution in [-0.4, -0.2) is 63.8 Å². The molecule has 2 aromatic heterocycles. The number of fused-ring (bicyclic) bond motifs is 1. The monoisotopic (exact) mass is 343 g/mol. The number of carbonyl (C=O) groups excluding carboxylic acids is 1. The summed E-state index contributed by atoms with van der Waals surface area (Å²) < 4.78 is 7.96. The predicted molar refractivity (Wildman–Crippen MR) is 94.2 cm³/mol. The SMILES string of the molecule is Cc1ccc(OC[C@H]2CCn3nccc3CN2CC(=O)N(C)C)cn1. The average Bonchev–Trinajstić information content (AvgIpc) is 2.96. The first-order chi connectivity index (χ1) is 12.0. The molecule has 1 amide bonds. The van der Waals surface area contributed by atoms with Gasteiger partial charge >= 0.3 is 0 Å². The molecule has 25 heavy (non-hydrogen) atoms. The van der Waals surface area contributed by atoms with E-state index in [4.69, 9.17) is 4.74 Å². The summed E-state index contributed by atoms with van der Waals surface area (Å²) >= 11 is 0. The van der Waals surface area contributed by atoms with Gasteiger partial charge in [0.1, 0.15) is 12.4 Å². The van der Waals surface area contributed by atoms with Gasteiger partial charge in [-0.25, -0.2) is 0 Å². The summed E-state index contributed by atoms with van der Waals surface area (Å²) in [5, 5.41) is 4.37. The highest BCUT2D eigenvalue weighted by Crippen LogP contribution is 2.19. The normalized spacial score (nSPS) is 17.6. The lowest BCUT2D eigenvalue weighted by Gasteiger charge is -2.29. The lowest BCUT2D eigenvalue weighted by Crippen LogP contribution is -2.44. The Balaban J connectivity index is 1.70. The van der Waals surface area contributed by atoms with Gasteiger partial charge in [0.2, 0.25) is 5.91 Å². The molecule has 134 valence electrons. The molecule has 0 N–H and O–H groups in total. The minimum absolute atomic E-state index is 0.0926. The van der Waals surface area contributed by atoms with Crippen LogP contribution in [0.4, 0.5) is 0 Å². The molecule has 0 fully saturated rings. The molecule has 3 heterocycles. The van der Waals surface area contributed by atoms with E-state index < -0.39 is 0 Å². The van der Waals surface area contributed by atoms with E-state index in [0.717, 1.165) is 30.1 Å². The lowest BCUT2D eigenvalue weighted by molar-refractivity contribution is -0.130. The molecule has 7 heteroatoms. The second-order valence-corrected chi connectivity index (χ2v) is 6.63. The molecular weight excluding hydrogens is 318 g/mol. The number of likely N-dealkylation sites (N-methyl/N-ethyl adjacent to an activating group) is 1. The van der Waals surface area contributed by atoms with Crippen LogP contribution in [-0.2, 0) is 17.9 Å². The molecular formula is C18H25N5O2. The van der Waals surface area contributed by atoms with Gasteiger partial charge in [-0.05, 0) is 31.5 Å². The highest BCUT2D eigenvalue weighted by atomic mass is 16.5. The molecule has 0 aromatic carbocycles. The van der Waals surface area contributed by atoms with Crippen molar-refractivity contribution in [3.8, 4) is 5.75 Å². The van der Waals surface area contributed by atoms with Crippen LogP contribution in [0.15, 0.2) is 30.6 Å². The van der Waals surface area contributed by atoms with E-state index in [-0.39, 0.29) is 11.9 Å². The van der Waals surface area contributed by atoms with Crippen LogP contribution in [0.3, 0.4) is 0 Å². The van der Waals surface area contributed by atoms with Gasteiger partial charge in [0.05, 0.1) is 18.4 Å². The van der Waals surface area contributed by atoms with E-state index >= 15 is 0 Å². The topological polar surface area (TPSA) is 63.5 Å². The Morgan fingerprint density at radius 1 is 1.36 bits per heavy atom. The number of aromatic nitrogens is 3. The van der Waals surface area contributed by atoms with Crippen LogP contribution >= 0.6 is 0 Å². The second kappa shape index (κ2) is 7.65. The maximum atomic E-state index is 12.2. The Kier molecular flexibility index (Phi) is 5.33. The molecule has 0 aliphatic carbocycles. The largest absolute Gasteiger partial charge is 0.490 e. The average molecular weight is 343 g/mol. The zero-order chi connectivity index (χ0) is 17.8. The number of amides is 1. The van der Waals surface area contributed by atoms with Crippen molar-refractivity contribution in [3.05, 3.63) is 42.0 Å². The minimum atomic E-state index is 0.0926. The summed E-state index contributed by atoms with van der Waals surface area (Å²) in [5.41, 5.74) is 2.09. The Labute approximate surface area is 148 Å². The number of hydrogen-bond donors (Lipinski definition) is 0. The Morgan fingerprint density at radius 3 is 2.92 bits per heavy atom. The molecule has 0 spiro atoms. The summed E-state index contributed by atoms with van der Waals surface area (Å²) in [6.07, 6.45) is 4.44. The molecule has 1 aliphatic rings. The van der Waals surface area contributed by atoms with E-state index in [1.165, 1.54) is 0 Å². The standard InChI is InChI=1S/C18H25N5O2/c1-14-4-5-17(10-19-14)25-13-16-7-9-23-15(6-8-20-23)11-22(16)12-18(24)21(2)3/h4-6,8,10,16H,7,9,11-13H2,1-3H3/t16-/m1/s1. The van der Waals surface area contributed by atoms with E-state index in [9.17, 15) is 4.79 Å². The third-order valence-corrected chi connectivity index (χ3v) is 4.52. The van der Waals surface area contributed by atoms with Gasteiger partial charge in [-0.3, -0.25) is 19.4 Å². The van der Waals surface area contributed by atoms with Crippen molar-refractivity contribution in [3.63, 3.8) is 0 Å². The Hall–Kier alpha value is -2.41. The van der Waals surface area contributed by atoms with Crippen molar-refractivity contribution in [1.29, 1.82) is 0 Å². The summed E-state index contributed by atoms with van der Waals surface area (Å²) in [6, 6.07) is 6.03. The summed E-state index contributed by atoms with van der Waals surface area (Å²) in [7, 11) is 3.57. The maximum Gasteiger partial charge on any atom is 0.236 e. The van der Waals surface area contributed by atoms with Gasteiger partial charge in [0.15, 0.2) is 0 Å². The quantitative estimate of drug-likeness (QED) is 0.819. The van der Waals surface area contributed by atoms with Crippen molar-refractivity contribution >= 4 is 5.91 Å². The van der Waals surface area contributed by atoms with E-state index in [1.807, 2.05) is 36.0 Å². The van der Waals surface area contributed by atoms with Gasteiger partial charge < -0.3 is 9.64 Å². The fraction of sp³-hybridized carbons (Fsp3) is 0.500. The lowest BCUT2D eigenvalue weighted by atomic mass is 10.2.